The SMILES string of the molecule is O=C(CSc1ncnc2ccccc12)Nc1ccc(F)c(F)c1. The molecule has 0 saturated carbocycles. The Morgan fingerprint density at radius 3 is 2.74 bits per heavy atom. The summed E-state index contributed by atoms with van der Waals surface area (Å²) >= 11 is 1.25. The number of anilines is 1. The Hall–Kier alpha value is -2.54. The van der Waals surface area contributed by atoms with Crippen LogP contribution in [0.3, 0.4) is 0 Å². The van der Waals surface area contributed by atoms with Gasteiger partial charge in [-0.2, -0.15) is 0 Å². The fraction of sp³-hybridized carbons (Fsp3) is 0.0625. The van der Waals surface area contributed by atoms with Crippen molar-refractivity contribution >= 4 is 34.3 Å². The molecule has 0 spiro atoms. The number of fused-ring (bicyclic) bond motifs is 1. The molecule has 3 rings (SSSR count). The Labute approximate surface area is 135 Å². The van der Waals surface area contributed by atoms with Crippen LogP contribution in [0, 0.1) is 11.6 Å². The zero-order valence-corrected chi connectivity index (χ0v) is 12.6. The number of thioether (sulfide) groups is 1. The van der Waals surface area contributed by atoms with Gasteiger partial charge in [0, 0.05) is 17.1 Å². The fourth-order valence-corrected chi connectivity index (χ4v) is 2.79. The first-order chi connectivity index (χ1) is 11.1. The number of hydrogen-bond acceptors (Lipinski definition) is 4. The Morgan fingerprint density at radius 2 is 1.91 bits per heavy atom. The molecule has 0 fully saturated rings. The second kappa shape index (κ2) is 6.70. The molecule has 0 atom stereocenters. The maximum absolute atomic E-state index is 13.1. The standard InChI is InChI=1S/C16H11F2N3OS/c17-12-6-5-10(7-13(12)18)21-15(22)8-23-16-11-3-1-2-4-14(11)19-9-20-16/h1-7,9H,8H2,(H,21,22). The van der Waals surface area contributed by atoms with Crippen LogP contribution in [0.5, 0.6) is 0 Å². The molecule has 0 aliphatic rings. The molecule has 7 heteroatoms. The Bertz CT molecular complexity index is 868. The maximum Gasteiger partial charge on any atom is 0.234 e. The smallest absolute Gasteiger partial charge is 0.234 e. The van der Waals surface area contributed by atoms with E-state index in [0.29, 0.717) is 5.03 Å². The van der Waals surface area contributed by atoms with Crippen LogP contribution in [0.1, 0.15) is 0 Å². The molecule has 0 aliphatic carbocycles. The molecule has 1 amide bonds. The third-order valence-corrected chi connectivity index (χ3v) is 4.05. The second-order valence-corrected chi connectivity index (χ2v) is 5.63. The van der Waals surface area contributed by atoms with E-state index in [2.05, 4.69) is 15.3 Å². The van der Waals surface area contributed by atoms with Crippen molar-refractivity contribution in [3.8, 4) is 0 Å². The van der Waals surface area contributed by atoms with Crippen LogP contribution < -0.4 is 5.32 Å². The van der Waals surface area contributed by atoms with Gasteiger partial charge < -0.3 is 5.32 Å². The summed E-state index contributed by atoms with van der Waals surface area (Å²) in [6, 6.07) is 10.7. The predicted octanol–water partition coefficient (Wildman–Crippen LogP) is 3.64. The molecule has 1 N–H and O–H groups in total. The van der Waals surface area contributed by atoms with Crippen molar-refractivity contribution in [1.82, 2.24) is 9.97 Å². The van der Waals surface area contributed by atoms with Crippen molar-refractivity contribution in [2.75, 3.05) is 11.1 Å². The van der Waals surface area contributed by atoms with E-state index in [9.17, 15) is 13.6 Å². The highest BCUT2D eigenvalue weighted by molar-refractivity contribution is 8.00. The molecule has 4 nitrogen and oxygen atoms in total. The van der Waals surface area contributed by atoms with Gasteiger partial charge in [0.2, 0.25) is 5.91 Å². The van der Waals surface area contributed by atoms with E-state index >= 15 is 0 Å². The molecule has 0 bridgehead atoms. The molecule has 0 unspecified atom stereocenters. The third kappa shape index (κ3) is 3.62. The lowest BCUT2D eigenvalue weighted by Gasteiger charge is -2.06. The molecule has 1 heterocycles. The largest absolute Gasteiger partial charge is 0.325 e. The summed E-state index contributed by atoms with van der Waals surface area (Å²) in [7, 11) is 0. The number of carbonyl (C=O) groups is 1. The van der Waals surface area contributed by atoms with E-state index in [1.807, 2.05) is 24.3 Å². The minimum Gasteiger partial charge on any atom is -0.325 e. The highest BCUT2D eigenvalue weighted by Crippen LogP contribution is 2.24. The summed E-state index contributed by atoms with van der Waals surface area (Å²) in [5.74, 6) is -2.19. The number of carbonyl (C=O) groups excluding carboxylic acids is 1. The van der Waals surface area contributed by atoms with Gasteiger partial charge in [0.15, 0.2) is 11.6 Å². The lowest BCUT2D eigenvalue weighted by atomic mass is 10.2. The predicted molar refractivity (Wildman–Crippen MR) is 85.2 cm³/mol. The van der Waals surface area contributed by atoms with Crippen LogP contribution in [0.4, 0.5) is 14.5 Å². The van der Waals surface area contributed by atoms with E-state index in [0.717, 1.165) is 23.0 Å². The first-order valence-electron chi connectivity index (χ1n) is 6.71. The van der Waals surface area contributed by atoms with E-state index < -0.39 is 11.6 Å². The summed E-state index contributed by atoms with van der Waals surface area (Å²) < 4.78 is 26.0. The summed E-state index contributed by atoms with van der Waals surface area (Å²) in [6.45, 7) is 0. The van der Waals surface area contributed by atoms with Crippen LogP contribution >= 0.6 is 11.8 Å². The number of halogens is 2. The Balaban J connectivity index is 1.67. The molecular weight excluding hydrogens is 320 g/mol. The maximum atomic E-state index is 13.1. The molecule has 1 aromatic heterocycles. The molecule has 2 aromatic carbocycles. The number of para-hydroxylation sites is 1. The number of nitrogens with one attached hydrogen (secondary N) is 1. The third-order valence-electron chi connectivity index (χ3n) is 3.05. The van der Waals surface area contributed by atoms with Crippen LogP contribution in [0.2, 0.25) is 0 Å². The molecule has 0 radical (unpaired) electrons. The minimum absolute atomic E-state index is 0.0972. The van der Waals surface area contributed by atoms with Crippen molar-refractivity contribution in [2.24, 2.45) is 0 Å². The van der Waals surface area contributed by atoms with E-state index in [-0.39, 0.29) is 17.3 Å². The highest BCUT2D eigenvalue weighted by atomic mass is 32.2. The fourth-order valence-electron chi connectivity index (χ4n) is 2.00. The normalized spacial score (nSPS) is 10.7. The van der Waals surface area contributed by atoms with Gasteiger partial charge in [-0.05, 0) is 18.2 Å². The van der Waals surface area contributed by atoms with Gasteiger partial charge in [0.05, 0.1) is 11.3 Å². The second-order valence-electron chi connectivity index (χ2n) is 4.66. The lowest BCUT2D eigenvalue weighted by Crippen LogP contribution is -2.14. The zero-order chi connectivity index (χ0) is 16.2. The lowest BCUT2D eigenvalue weighted by molar-refractivity contribution is -0.113. The molecule has 3 aromatic rings. The van der Waals surface area contributed by atoms with Crippen molar-refractivity contribution in [1.29, 1.82) is 0 Å². The average Bonchev–Trinajstić information content (AvgIpc) is 2.56. The van der Waals surface area contributed by atoms with Gasteiger partial charge in [-0.3, -0.25) is 4.79 Å². The van der Waals surface area contributed by atoms with E-state index in [1.165, 1.54) is 24.2 Å². The Kier molecular flexibility index (Phi) is 4.47. The summed E-state index contributed by atoms with van der Waals surface area (Å²) in [6.07, 6.45) is 1.44. The van der Waals surface area contributed by atoms with Gasteiger partial charge >= 0.3 is 0 Å². The number of amides is 1. The van der Waals surface area contributed by atoms with Crippen LogP contribution in [0.25, 0.3) is 10.9 Å². The van der Waals surface area contributed by atoms with Gasteiger partial charge in [-0.25, -0.2) is 18.7 Å². The van der Waals surface area contributed by atoms with Gasteiger partial charge in [-0.1, -0.05) is 30.0 Å². The van der Waals surface area contributed by atoms with Crippen LogP contribution in [-0.4, -0.2) is 21.6 Å². The number of hydrogen-bond donors (Lipinski definition) is 1. The van der Waals surface area contributed by atoms with Crippen molar-refractivity contribution in [2.45, 2.75) is 5.03 Å². The molecule has 116 valence electrons. The topological polar surface area (TPSA) is 54.9 Å². The summed E-state index contributed by atoms with van der Waals surface area (Å²) in [5, 5.41) is 4.07. The summed E-state index contributed by atoms with van der Waals surface area (Å²) in [5.41, 5.74) is 1.01. The van der Waals surface area contributed by atoms with Crippen molar-refractivity contribution in [3.63, 3.8) is 0 Å². The average molecular weight is 331 g/mol. The van der Waals surface area contributed by atoms with E-state index in [1.54, 1.807) is 0 Å². The molecule has 0 saturated heterocycles. The monoisotopic (exact) mass is 331 g/mol. The van der Waals surface area contributed by atoms with Crippen LogP contribution in [0.15, 0.2) is 53.8 Å². The number of nitrogens with zero attached hydrogens (tertiary/aromatic N) is 2. The van der Waals surface area contributed by atoms with Crippen molar-refractivity contribution < 1.29 is 13.6 Å². The first-order valence-corrected chi connectivity index (χ1v) is 7.69. The van der Waals surface area contributed by atoms with Gasteiger partial charge in [-0.15, -0.1) is 0 Å². The van der Waals surface area contributed by atoms with Gasteiger partial charge in [0.1, 0.15) is 11.4 Å². The molecular formula is C16H11F2N3OS. The van der Waals surface area contributed by atoms with Gasteiger partial charge in [0.25, 0.3) is 0 Å². The van der Waals surface area contributed by atoms with E-state index in [4.69, 9.17) is 0 Å². The zero-order valence-electron chi connectivity index (χ0n) is 11.8. The number of benzene rings is 2. The number of aromatic nitrogens is 2. The number of rotatable bonds is 4. The van der Waals surface area contributed by atoms with Crippen molar-refractivity contribution in [3.05, 3.63) is 60.4 Å². The van der Waals surface area contributed by atoms with Crippen LogP contribution in [-0.2, 0) is 4.79 Å². The summed E-state index contributed by atoms with van der Waals surface area (Å²) in [4.78, 5) is 20.3. The first kappa shape index (κ1) is 15.4. The molecule has 23 heavy (non-hydrogen) atoms. The highest BCUT2D eigenvalue weighted by Gasteiger charge is 2.09. The minimum atomic E-state index is -1.00. The quantitative estimate of drug-likeness (QED) is 0.586. The Morgan fingerprint density at radius 1 is 1.09 bits per heavy atom. The molecule has 0 aliphatic heterocycles.